The van der Waals surface area contributed by atoms with Crippen molar-refractivity contribution in [2.75, 3.05) is 12.0 Å². The Morgan fingerprint density at radius 3 is 2.65 bits per heavy atom. The first-order valence-corrected chi connectivity index (χ1v) is 11.3. The highest BCUT2D eigenvalue weighted by Gasteiger charge is 2.30. The SMILES string of the molecule is COCc1cn(-c2ccc(CN3C(=O)Cc4cnc(-c5ccccc5C(C)C)nc43)cc2)nn1. The standard InChI is InChI=1S/C26H26N6O2/c1-17(2)22-6-4-5-7-23(22)25-27-13-19-12-24(33)31(26(19)28-25)14-18-8-10-21(11-9-18)32-15-20(16-34-3)29-30-32/h4-11,13,15,17H,12,14,16H2,1-3H3. The van der Waals surface area contributed by atoms with Gasteiger partial charge in [-0.15, -0.1) is 5.10 Å². The first-order valence-electron chi connectivity index (χ1n) is 11.3. The molecule has 0 spiro atoms. The number of hydrogen-bond donors (Lipinski definition) is 0. The number of rotatable bonds is 7. The smallest absolute Gasteiger partial charge is 0.233 e. The Balaban J connectivity index is 1.40. The summed E-state index contributed by atoms with van der Waals surface area (Å²) >= 11 is 0. The summed E-state index contributed by atoms with van der Waals surface area (Å²) in [5, 5.41) is 8.24. The van der Waals surface area contributed by atoms with Gasteiger partial charge < -0.3 is 4.74 Å². The van der Waals surface area contributed by atoms with E-state index in [-0.39, 0.29) is 5.91 Å². The molecule has 0 saturated carbocycles. The Kier molecular flexibility index (Phi) is 5.90. The summed E-state index contributed by atoms with van der Waals surface area (Å²) in [6.07, 6.45) is 3.95. The zero-order valence-electron chi connectivity index (χ0n) is 19.5. The number of nitrogens with zero attached hydrogens (tertiary/aromatic N) is 6. The minimum absolute atomic E-state index is 0.0307. The maximum Gasteiger partial charge on any atom is 0.233 e. The largest absolute Gasteiger partial charge is 0.378 e. The Morgan fingerprint density at radius 2 is 1.88 bits per heavy atom. The molecule has 0 atom stereocenters. The number of ether oxygens (including phenoxy) is 1. The minimum Gasteiger partial charge on any atom is -0.378 e. The van der Waals surface area contributed by atoms with E-state index in [1.165, 1.54) is 5.56 Å². The summed E-state index contributed by atoms with van der Waals surface area (Å²) in [4.78, 5) is 24.0. The van der Waals surface area contributed by atoms with Crippen molar-refractivity contribution in [3.8, 4) is 17.1 Å². The fourth-order valence-electron chi connectivity index (χ4n) is 4.20. The van der Waals surface area contributed by atoms with Crippen LogP contribution in [-0.2, 0) is 29.1 Å². The molecule has 8 nitrogen and oxygen atoms in total. The van der Waals surface area contributed by atoms with Gasteiger partial charge in [0.1, 0.15) is 11.5 Å². The van der Waals surface area contributed by atoms with Crippen LogP contribution in [-0.4, -0.2) is 38.0 Å². The molecule has 5 rings (SSSR count). The van der Waals surface area contributed by atoms with Crippen LogP contribution in [0.3, 0.4) is 0 Å². The number of anilines is 1. The van der Waals surface area contributed by atoms with Crippen molar-refractivity contribution in [2.24, 2.45) is 0 Å². The lowest BCUT2D eigenvalue weighted by Crippen LogP contribution is -2.26. The van der Waals surface area contributed by atoms with E-state index in [1.807, 2.05) is 48.7 Å². The van der Waals surface area contributed by atoms with Crippen LogP contribution in [0.15, 0.2) is 60.9 Å². The Morgan fingerprint density at radius 1 is 1.09 bits per heavy atom. The van der Waals surface area contributed by atoms with E-state index >= 15 is 0 Å². The van der Waals surface area contributed by atoms with E-state index < -0.39 is 0 Å². The predicted octanol–water partition coefficient (Wildman–Crippen LogP) is 4.08. The van der Waals surface area contributed by atoms with Crippen molar-refractivity contribution in [1.29, 1.82) is 0 Å². The average Bonchev–Trinajstić information content (AvgIpc) is 3.44. The molecule has 1 amide bonds. The molecule has 172 valence electrons. The molecule has 1 aliphatic heterocycles. The molecule has 0 radical (unpaired) electrons. The summed E-state index contributed by atoms with van der Waals surface area (Å²) in [6, 6.07) is 16.1. The quantitative estimate of drug-likeness (QED) is 0.418. The number of aromatic nitrogens is 5. The summed E-state index contributed by atoms with van der Waals surface area (Å²) in [6.45, 7) is 5.17. The van der Waals surface area contributed by atoms with Crippen LogP contribution in [0.4, 0.5) is 5.82 Å². The van der Waals surface area contributed by atoms with E-state index in [0.717, 1.165) is 28.1 Å². The van der Waals surface area contributed by atoms with Crippen LogP contribution in [0.2, 0.25) is 0 Å². The Bertz CT molecular complexity index is 1330. The van der Waals surface area contributed by atoms with Crippen LogP contribution in [0.1, 0.15) is 42.1 Å². The van der Waals surface area contributed by atoms with Gasteiger partial charge in [0, 0.05) is 24.4 Å². The normalized spacial score (nSPS) is 13.1. The number of carbonyl (C=O) groups excluding carboxylic acids is 1. The number of amides is 1. The number of carbonyl (C=O) groups is 1. The van der Waals surface area contributed by atoms with Crippen LogP contribution in [0, 0.1) is 0 Å². The third-order valence-corrected chi connectivity index (χ3v) is 5.94. The highest BCUT2D eigenvalue weighted by molar-refractivity contribution is 6.00. The van der Waals surface area contributed by atoms with Gasteiger partial charge in [-0.2, -0.15) is 0 Å². The fraction of sp³-hybridized carbons (Fsp3) is 0.269. The minimum atomic E-state index is 0.0307. The van der Waals surface area contributed by atoms with Crippen LogP contribution >= 0.6 is 0 Å². The second kappa shape index (κ2) is 9.15. The maximum absolute atomic E-state index is 12.8. The first kappa shape index (κ1) is 21.9. The van der Waals surface area contributed by atoms with Gasteiger partial charge >= 0.3 is 0 Å². The molecule has 0 unspecified atom stereocenters. The molecule has 0 fully saturated rings. The number of methoxy groups -OCH3 is 1. The van der Waals surface area contributed by atoms with Gasteiger partial charge in [-0.1, -0.05) is 55.5 Å². The molecule has 0 N–H and O–H groups in total. The maximum atomic E-state index is 12.8. The molecule has 8 heteroatoms. The highest BCUT2D eigenvalue weighted by atomic mass is 16.5. The van der Waals surface area contributed by atoms with E-state index in [4.69, 9.17) is 9.72 Å². The molecule has 4 aromatic rings. The van der Waals surface area contributed by atoms with Crippen molar-refractivity contribution in [1.82, 2.24) is 25.0 Å². The van der Waals surface area contributed by atoms with Crippen LogP contribution in [0.25, 0.3) is 17.1 Å². The summed E-state index contributed by atoms with van der Waals surface area (Å²) in [7, 11) is 1.63. The van der Waals surface area contributed by atoms with Gasteiger partial charge in [-0.25, -0.2) is 14.6 Å². The zero-order valence-corrected chi connectivity index (χ0v) is 19.5. The lowest BCUT2D eigenvalue weighted by atomic mass is 9.97. The second-order valence-electron chi connectivity index (χ2n) is 8.69. The Labute approximate surface area is 198 Å². The van der Waals surface area contributed by atoms with Gasteiger partial charge in [0.25, 0.3) is 0 Å². The topological polar surface area (TPSA) is 86.0 Å². The van der Waals surface area contributed by atoms with Crippen LogP contribution < -0.4 is 4.90 Å². The molecule has 0 aliphatic carbocycles. The molecule has 2 aromatic carbocycles. The van der Waals surface area contributed by atoms with Crippen LogP contribution in [0.5, 0.6) is 0 Å². The Hall–Kier alpha value is -3.91. The van der Waals surface area contributed by atoms with Gasteiger partial charge in [-0.05, 0) is 29.2 Å². The molecule has 1 aliphatic rings. The summed E-state index contributed by atoms with van der Waals surface area (Å²) in [5.41, 5.74) is 5.72. The van der Waals surface area contributed by atoms with Gasteiger partial charge in [0.2, 0.25) is 5.91 Å². The average molecular weight is 455 g/mol. The summed E-state index contributed by atoms with van der Waals surface area (Å²) in [5.74, 6) is 1.72. The number of hydrogen-bond acceptors (Lipinski definition) is 6. The monoisotopic (exact) mass is 454 g/mol. The third-order valence-electron chi connectivity index (χ3n) is 5.94. The van der Waals surface area contributed by atoms with Crippen molar-refractivity contribution in [3.63, 3.8) is 0 Å². The predicted molar refractivity (Wildman–Crippen MR) is 129 cm³/mol. The van der Waals surface area contributed by atoms with E-state index in [9.17, 15) is 4.79 Å². The van der Waals surface area contributed by atoms with Crippen molar-refractivity contribution in [2.45, 2.75) is 39.3 Å². The van der Waals surface area contributed by atoms with Gasteiger partial charge in [-0.3, -0.25) is 9.69 Å². The fourth-order valence-corrected chi connectivity index (χ4v) is 4.20. The molecule has 0 saturated heterocycles. The summed E-state index contributed by atoms with van der Waals surface area (Å²) < 4.78 is 6.81. The number of fused-ring (bicyclic) bond motifs is 1. The molecule has 3 heterocycles. The van der Waals surface area contributed by atoms with E-state index in [2.05, 4.69) is 35.2 Å². The molecule has 2 aromatic heterocycles. The first-order chi connectivity index (χ1) is 16.5. The van der Waals surface area contributed by atoms with E-state index in [1.54, 1.807) is 22.9 Å². The van der Waals surface area contributed by atoms with Crippen molar-refractivity contribution < 1.29 is 9.53 Å². The molecule has 0 bridgehead atoms. The van der Waals surface area contributed by atoms with Crippen molar-refractivity contribution >= 4 is 11.7 Å². The molecular weight excluding hydrogens is 428 g/mol. The highest BCUT2D eigenvalue weighted by Crippen LogP contribution is 2.32. The number of benzene rings is 2. The van der Waals surface area contributed by atoms with Gasteiger partial charge in [0.15, 0.2) is 5.82 Å². The zero-order chi connectivity index (χ0) is 23.7. The van der Waals surface area contributed by atoms with E-state index in [0.29, 0.717) is 37.1 Å². The molecular formula is C26H26N6O2. The van der Waals surface area contributed by atoms with Crippen molar-refractivity contribution in [3.05, 3.63) is 83.3 Å². The second-order valence-corrected chi connectivity index (χ2v) is 8.69. The lowest BCUT2D eigenvalue weighted by molar-refractivity contribution is -0.117. The molecule has 34 heavy (non-hydrogen) atoms. The third kappa shape index (κ3) is 4.20. The van der Waals surface area contributed by atoms with Gasteiger partial charge in [0.05, 0.1) is 31.5 Å². The lowest BCUT2D eigenvalue weighted by Gasteiger charge is -2.18.